The maximum Gasteiger partial charge on any atom is 0.240 e. The van der Waals surface area contributed by atoms with Crippen molar-refractivity contribution in [1.29, 1.82) is 0 Å². The van der Waals surface area contributed by atoms with E-state index in [9.17, 15) is 13.2 Å². The molecule has 1 atom stereocenters. The SMILES string of the molecule is C[C@]1(NC(=O)Cn2c(-c3ccccc3)cc3ccccc32)CCS(=O)(=O)C1. The van der Waals surface area contributed by atoms with E-state index in [2.05, 4.69) is 11.4 Å². The fourth-order valence-corrected chi connectivity index (χ4v) is 5.95. The van der Waals surface area contributed by atoms with Crippen molar-refractivity contribution < 1.29 is 13.2 Å². The molecule has 1 fully saturated rings. The number of aromatic nitrogens is 1. The smallest absolute Gasteiger partial charge is 0.240 e. The fraction of sp³-hybridized carbons (Fsp3) is 0.286. The summed E-state index contributed by atoms with van der Waals surface area (Å²) in [5, 5.41) is 4.02. The van der Waals surface area contributed by atoms with E-state index in [0.717, 1.165) is 22.2 Å². The molecule has 5 nitrogen and oxygen atoms in total. The molecule has 2 aromatic carbocycles. The molecule has 0 saturated carbocycles. The highest BCUT2D eigenvalue weighted by Gasteiger charge is 2.39. The van der Waals surface area contributed by atoms with Crippen LogP contribution in [-0.2, 0) is 21.2 Å². The van der Waals surface area contributed by atoms with E-state index in [4.69, 9.17) is 0 Å². The molecule has 27 heavy (non-hydrogen) atoms. The second-order valence-corrected chi connectivity index (χ2v) is 9.68. The highest BCUT2D eigenvalue weighted by atomic mass is 32.2. The molecule has 1 aromatic heterocycles. The fourth-order valence-electron chi connectivity index (χ4n) is 3.86. The molecule has 140 valence electrons. The van der Waals surface area contributed by atoms with Crippen molar-refractivity contribution in [2.45, 2.75) is 25.4 Å². The molecule has 1 aliphatic rings. The maximum absolute atomic E-state index is 12.8. The van der Waals surface area contributed by atoms with Gasteiger partial charge < -0.3 is 9.88 Å². The number of carbonyl (C=O) groups is 1. The Morgan fingerprint density at radius 1 is 1.11 bits per heavy atom. The average Bonchev–Trinajstić information content (AvgIpc) is 3.12. The number of para-hydroxylation sites is 1. The van der Waals surface area contributed by atoms with E-state index in [0.29, 0.717) is 6.42 Å². The Labute approximate surface area is 158 Å². The number of sulfone groups is 1. The van der Waals surface area contributed by atoms with Crippen LogP contribution < -0.4 is 5.32 Å². The molecule has 1 aliphatic heterocycles. The minimum Gasteiger partial charge on any atom is -0.348 e. The molecule has 3 aromatic rings. The molecule has 0 aliphatic carbocycles. The minimum atomic E-state index is -3.07. The summed E-state index contributed by atoms with van der Waals surface area (Å²) < 4.78 is 25.6. The number of fused-ring (bicyclic) bond motifs is 1. The van der Waals surface area contributed by atoms with Gasteiger partial charge in [-0.3, -0.25) is 4.79 Å². The Bertz CT molecular complexity index is 1100. The van der Waals surface area contributed by atoms with Crippen LogP contribution in [0.3, 0.4) is 0 Å². The summed E-state index contributed by atoms with van der Waals surface area (Å²) in [5.74, 6) is -0.0389. The first-order valence-electron chi connectivity index (χ1n) is 9.00. The van der Waals surface area contributed by atoms with E-state index in [1.807, 2.05) is 59.2 Å². The monoisotopic (exact) mass is 382 g/mol. The first kappa shape index (κ1) is 17.8. The molecule has 1 saturated heterocycles. The van der Waals surface area contributed by atoms with Gasteiger partial charge in [0.15, 0.2) is 9.84 Å². The highest BCUT2D eigenvalue weighted by molar-refractivity contribution is 7.91. The van der Waals surface area contributed by atoms with E-state index in [1.165, 1.54) is 0 Å². The summed E-state index contributed by atoms with van der Waals surface area (Å²) in [4.78, 5) is 12.8. The molecule has 1 N–H and O–H groups in total. The average molecular weight is 382 g/mol. The zero-order chi connectivity index (χ0) is 19.1. The van der Waals surface area contributed by atoms with Gasteiger partial charge in [-0.1, -0.05) is 48.5 Å². The van der Waals surface area contributed by atoms with Crippen LogP contribution in [0, 0.1) is 0 Å². The van der Waals surface area contributed by atoms with Crippen LogP contribution in [0.25, 0.3) is 22.2 Å². The second-order valence-electron chi connectivity index (χ2n) is 7.49. The van der Waals surface area contributed by atoms with E-state index in [1.54, 1.807) is 6.92 Å². The van der Waals surface area contributed by atoms with Crippen LogP contribution in [0.4, 0.5) is 0 Å². The van der Waals surface area contributed by atoms with Gasteiger partial charge in [-0.05, 0) is 31.0 Å². The molecule has 6 heteroatoms. The zero-order valence-electron chi connectivity index (χ0n) is 15.2. The van der Waals surface area contributed by atoms with Gasteiger partial charge in [0.1, 0.15) is 6.54 Å². The summed E-state index contributed by atoms with van der Waals surface area (Å²) in [6.07, 6.45) is 0.457. The second kappa shape index (κ2) is 6.53. The zero-order valence-corrected chi connectivity index (χ0v) is 16.0. The summed E-state index contributed by atoms with van der Waals surface area (Å²) >= 11 is 0. The van der Waals surface area contributed by atoms with Crippen LogP contribution in [-0.4, -0.2) is 35.9 Å². The first-order chi connectivity index (χ1) is 12.9. The van der Waals surface area contributed by atoms with Crippen LogP contribution in [0.5, 0.6) is 0 Å². The van der Waals surface area contributed by atoms with Crippen molar-refractivity contribution in [3.8, 4) is 11.3 Å². The Morgan fingerprint density at radius 3 is 2.52 bits per heavy atom. The predicted molar refractivity (Wildman–Crippen MR) is 107 cm³/mol. The van der Waals surface area contributed by atoms with Crippen molar-refractivity contribution in [2.24, 2.45) is 0 Å². The Hall–Kier alpha value is -2.60. The molecule has 0 radical (unpaired) electrons. The lowest BCUT2D eigenvalue weighted by Gasteiger charge is -2.24. The van der Waals surface area contributed by atoms with Crippen molar-refractivity contribution in [1.82, 2.24) is 9.88 Å². The Morgan fingerprint density at radius 2 is 1.81 bits per heavy atom. The van der Waals surface area contributed by atoms with Crippen molar-refractivity contribution >= 4 is 26.6 Å². The number of benzene rings is 2. The summed E-state index contributed by atoms with van der Waals surface area (Å²) in [6.45, 7) is 1.95. The molecule has 2 heterocycles. The Balaban J connectivity index is 1.66. The van der Waals surface area contributed by atoms with Crippen LogP contribution in [0.2, 0.25) is 0 Å². The van der Waals surface area contributed by atoms with Crippen LogP contribution in [0.15, 0.2) is 60.7 Å². The number of carbonyl (C=O) groups excluding carboxylic acids is 1. The quantitative estimate of drug-likeness (QED) is 0.754. The molecule has 0 bridgehead atoms. The largest absolute Gasteiger partial charge is 0.348 e. The number of amides is 1. The summed E-state index contributed by atoms with van der Waals surface area (Å²) in [6, 6.07) is 20.0. The lowest BCUT2D eigenvalue weighted by molar-refractivity contribution is -0.123. The van der Waals surface area contributed by atoms with Gasteiger partial charge >= 0.3 is 0 Å². The number of nitrogens with one attached hydrogen (secondary N) is 1. The van der Waals surface area contributed by atoms with Gasteiger partial charge in [-0.2, -0.15) is 0 Å². The van der Waals surface area contributed by atoms with Gasteiger partial charge in [0.2, 0.25) is 5.91 Å². The van der Waals surface area contributed by atoms with Crippen molar-refractivity contribution in [3.05, 3.63) is 60.7 Å². The minimum absolute atomic E-state index is 0.00368. The Kier molecular flexibility index (Phi) is 4.30. The van der Waals surface area contributed by atoms with Gasteiger partial charge in [-0.25, -0.2) is 8.42 Å². The number of rotatable bonds is 4. The summed E-state index contributed by atoms with van der Waals surface area (Å²) in [7, 11) is -3.07. The van der Waals surface area contributed by atoms with Crippen LogP contribution in [0.1, 0.15) is 13.3 Å². The van der Waals surface area contributed by atoms with Crippen LogP contribution >= 0.6 is 0 Å². The normalized spacial score (nSPS) is 21.4. The molecule has 4 rings (SSSR count). The van der Waals surface area contributed by atoms with E-state index < -0.39 is 15.4 Å². The number of hydrogen-bond donors (Lipinski definition) is 1. The van der Waals surface area contributed by atoms with Gasteiger partial charge in [0.05, 0.1) is 17.0 Å². The number of nitrogens with zero attached hydrogens (tertiary/aromatic N) is 1. The van der Waals surface area contributed by atoms with Crippen molar-refractivity contribution in [3.63, 3.8) is 0 Å². The van der Waals surface area contributed by atoms with Gasteiger partial charge in [0.25, 0.3) is 0 Å². The van der Waals surface area contributed by atoms with E-state index in [-0.39, 0.29) is 24.0 Å². The van der Waals surface area contributed by atoms with E-state index >= 15 is 0 Å². The van der Waals surface area contributed by atoms with Crippen molar-refractivity contribution in [2.75, 3.05) is 11.5 Å². The highest BCUT2D eigenvalue weighted by Crippen LogP contribution is 2.28. The third-order valence-corrected chi connectivity index (χ3v) is 7.03. The third-order valence-electron chi connectivity index (χ3n) is 5.13. The lowest BCUT2D eigenvalue weighted by Crippen LogP contribution is -2.48. The molecule has 0 unspecified atom stereocenters. The lowest BCUT2D eigenvalue weighted by atomic mass is 10.0. The third kappa shape index (κ3) is 3.62. The van der Waals surface area contributed by atoms with Gasteiger partial charge in [0, 0.05) is 16.6 Å². The number of hydrogen-bond acceptors (Lipinski definition) is 3. The standard InChI is InChI=1S/C21H22N2O3S/c1-21(11-12-27(25,26)15-21)22-20(24)14-23-18-10-6-5-9-17(18)13-19(23)16-7-3-2-4-8-16/h2-10,13H,11-12,14-15H2,1H3,(H,22,24)/t21-/m0/s1. The summed E-state index contributed by atoms with van der Waals surface area (Å²) in [5.41, 5.74) is 2.30. The molecular formula is C21H22N2O3S. The predicted octanol–water partition coefficient (Wildman–Crippen LogP) is 3.00. The maximum atomic E-state index is 12.8. The molecule has 1 amide bonds. The first-order valence-corrected chi connectivity index (χ1v) is 10.8. The topological polar surface area (TPSA) is 68.2 Å². The molecular weight excluding hydrogens is 360 g/mol. The van der Waals surface area contributed by atoms with Gasteiger partial charge in [-0.15, -0.1) is 0 Å². The molecule has 0 spiro atoms.